The summed E-state index contributed by atoms with van der Waals surface area (Å²) in [6.45, 7) is 9.21. The van der Waals surface area contributed by atoms with Crippen LogP contribution >= 0.6 is 11.6 Å². The van der Waals surface area contributed by atoms with Gasteiger partial charge < -0.3 is 23.9 Å². The standard InChI is InChI=1S/C26H32ClN3O5/c1-4-32-23-12-18(13-24(25(23)27)33-5-2)15-30-10-8-19(9-11-30)28-26-29-21-14-20(34-16-17(3)31)6-7-22(21)35-26/h6-7,12-14,19H,4-5,8-11,15-16H2,1-3H3,(H,28,29). The van der Waals surface area contributed by atoms with Crippen molar-refractivity contribution in [2.75, 3.05) is 38.2 Å². The van der Waals surface area contributed by atoms with Gasteiger partial charge in [0.15, 0.2) is 11.4 Å². The number of fused-ring (bicyclic) bond motifs is 1. The Kier molecular flexibility index (Phi) is 8.36. The Labute approximate surface area is 210 Å². The molecule has 0 amide bonds. The first-order valence-electron chi connectivity index (χ1n) is 12.0. The fraction of sp³-hybridized carbons (Fsp3) is 0.462. The topological polar surface area (TPSA) is 86.1 Å². The van der Waals surface area contributed by atoms with Gasteiger partial charge in [-0.2, -0.15) is 4.98 Å². The third-order valence-electron chi connectivity index (χ3n) is 5.79. The van der Waals surface area contributed by atoms with E-state index in [1.54, 1.807) is 12.1 Å². The first-order valence-corrected chi connectivity index (χ1v) is 12.4. The number of halogens is 1. The number of carbonyl (C=O) groups excluding carboxylic acids is 1. The van der Waals surface area contributed by atoms with E-state index in [1.165, 1.54) is 6.92 Å². The van der Waals surface area contributed by atoms with E-state index >= 15 is 0 Å². The highest BCUT2D eigenvalue weighted by Gasteiger charge is 2.22. The number of piperidine rings is 1. The molecule has 2 heterocycles. The van der Waals surface area contributed by atoms with Gasteiger partial charge in [0.25, 0.3) is 6.01 Å². The molecule has 0 spiro atoms. The molecule has 0 atom stereocenters. The van der Waals surface area contributed by atoms with E-state index in [2.05, 4.69) is 15.2 Å². The number of ether oxygens (including phenoxy) is 3. The Balaban J connectivity index is 1.33. The molecule has 35 heavy (non-hydrogen) atoms. The second kappa shape index (κ2) is 11.6. The average molecular weight is 502 g/mol. The molecule has 0 radical (unpaired) electrons. The molecule has 1 aromatic heterocycles. The van der Waals surface area contributed by atoms with Gasteiger partial charge in [-0.1, -0.05) is 11.6 Å². The maximum atomic E-state index is 11.1. The number of benzene rings is 2. The third kappa shape index (κ3) is 6.58. The zero-order chi connectivity index (χ0) is 24.8. The number of anilines is 1. The number of hydrogen-bond acceptors (Lipinski definition) is 8. The third-order valence-corrected chi connectivity index (χ3v) is 6.16. The number of rotatable bonds is 11. The van der Waals surface area contributed by atoms with Crippen molar-refractivity contribution >= 4 is 34.5 Å². The van der Waals surface area contributed by atoms with E-state index in [0.717, 1.165) is 38.0 Å². The second-order valence-electron chi connectivity index (χ2n) is 8.61. The van der Waals surface area contributed by atoms with Crippen molar-refractivity contribution in [2.45, 2.75) is 46.2 Å². The van der Waals surface area contributed by atoms with Gasteiger partial charge in [-0.25, -0.2) is 0 Å². The van der Waals surface area contributed by atoms with E-state index in [1.807, 2.05) is 32.0 Å². The quantitative estimate of drug-likeness (QED) is 0.377. The lowest BCUT2D eigenvalue weighted by Gasteiger charge is -2.32. The number of hydrogen-bond donors (Lipinski definition) is 1. The van der Waals surface area contributed by atoms with Crippen LogP contribution in [-0.4, -0.2) is 54.6 Å². The van der Waals surface area contributed by atoms with Crippen molar-refractivity contribution < 1.29 is 23.4 Å². The summed E-state index contributed by atoms with van der Waals surface area (Å²) in [6, 6.07) is 10.2. The number of aromatic nitrogens is 1. The number of Topliss-reactive ketones (excluding diaryl/α,β-unsaturated/α-hetero) is 1. The van der Waals surface area contributed by atoms with Gasteiger partial charge in [0, 0.05) is 31.7 Å². The lowest BCUT2D eigenvalue weighted by molar-refractivity contribution is -0.118. The summed E-state index contributed by atoms with van der Waals surface area (Å²) in [6.07, 6.45) is 1.94. The van der Waals surface area contributed by atoms with Crippen LogP contribution in [-0.2, 0) is 11.3 Å². The zero-order valence-corrected chi connectivity index (χ0v) is 21.2. The predicted molar refractivity (Wildman–Crippen MR) is 136 cm³/mol. The summed E-state index contributed by atoms with van der Waals surface area (Å²) in [7, 11) is 0. The Morgan fingerprint density at radius 3 is 2.43 bits per heavy atom. The summed E-state index contributed by atoms with van der Waals surface area (Å²) in [5.74, 6) is 1.90. The Morgan fingerprint density at radius 1 is 1.11 bits per heavy atom. The molecule has 1 saturated heterocycles. The minimum absolute atomic E-state index is 0.0283. The molecule has 9 heteroatoms. The molecule has 1 fully saturated rings. The maximum Gasteiger partial charge on any atom is 0.295 e. The zero-order valence-electron chi connectivity index (χ0n) is 20.4. The van der Waals surface area contributed by atoms with Crippen LogP contribution < -0.4 is 19.5 Å². The molecule has 3 aromatic rings. The molecule has 0 aliphatic carbocycles. The molecule has 1 aliphatic rings. The molecule has 1 N–H and O–H groups in total. The largest absolute Gasteiger partial charge is 0.492 e. The van der Waals surface area contributed by atoms with Crippen molar-refractivity contribution in [3.63, 3.8) is 0 Å². The first kappa shape index (κ1) is 25.1. The predicted octanol–water partition coefficient (Wildman–Crippen LogP) is 5.32. The molecule has 0 bridgehead atoms. The normalized spacial score (nSPS) is 14.7. The van der Waals surface area contributed by atoms with Crippen molar-refractivity contribution in [2.24, 2.45) is 0 Å². The average Bonchev–Trinajstić information content (AvgIpc) is 3.23. The number of nitrogens with one attached hydrogen (secondary N) is 1. The van der Waals surface area contributed by atoms with Crippen molar-refractivity contribution in [3.8, 4) is 17.2 Å². The molecule has 0 saturated carbocycles. The van der Waals surface area contributed by atoms with E-state index in [-0.39, 0.29) is 18.4 Å². The Bertz CT molecular complexity index is 1130. The van der Waals surface area contributed by atoms with Gasteiger partial charge in [-0.05, 0) is 63.4 Å². The van der Waals surface area contributed by atoms with Crippen molar-refractivity contribution in [3.05, 3.63) is 40.9 Å². The first-order chi connectivity index (χ1) is 16.9. The van der Waals surface area contributed by atoms with Gasteiger partial charge >= 0.3 is 0 Å². The van der Waals surface area contributed by atoms with Crippen LogP contribution in [0.2, 0.25) is 5.02 Å². The van der Waals surface area contributed by atoms with E-state index in [4.69, 9.17) is 30.2 Å². The van der Waals surface area contributed by atoms with E-state index in [0.29, 0.717) is 52.6 Å². The van der Waals surface area contributed by atoms with E-state index in [9.17, 15) is 4.79 Å². The minimum atomic E-state index is -0.0283. The molecule has 1 aliphatic heterocycles. The molecular formula is C26H32ClN3O5. The number of carbonyl (C=O) groups is 1. The van der Waals surface area contributed by atoms with Crippen LogP contribution in [0.3, 0.4) is 0 Å². The Morgan fingerprint density at radius 2 is 1.80 bits per heavy atom. The molecule has 188 valence electrons. The fourth-order valence-electron chi connectivity index (χ4n) is 4.15. The summed E-state index contributed by atoms with van der Waals surface area (Å²) in [5, 5.41) is 3.95. The van der Waals surface area contributed by atoms with Crippen LogP contribution in [0.1, 0.15) is 39.2 Å². The van der Waals surface area contributed by atoms with Crippen LogP contribution in [0.4, 0.5) is 6.01 Å². The Hall–Kier alpha value is -2.97. The van der Waals surface area contributed by atoms with Crippen molar-refractivity contribution in [1.29, 1.82) is 0 Å². The summed E-state index contributed by atoms with van der Waals surface area (Å²) in [4.78, 5) is 18.1. The lowest BCUT2D eigenvalue weighted by Crippen LogP contribution is -2.38. The number of nitrogens with zero attached hydrogens (tertiary/aromatic N) is 2. The molecule has 4 rings (SSSR count). The van der Waals surface area contributed by atoms with Crippen LogP contribution in [0.25, 0.3) is 11.1 Å². The molecular weight excluding hydrogens is 470 g/mol. The van der Waals surface area contributed by atoms with Gasteiger partial charge in [0.1, 0.15) is 34.4 Å². The van der Waals surface area contributed by atoms with Crippen LogP contribution in [0.5, 0.6) is 17.2 Å². The summed E-state index contributed by atoms with van der Waals surface area (Å²) >= 11 is 6.44. The number of oxazole rings is 1. The van der Waals surface area contributed by atoms with Gasteiger partial charge in [-0.15, -0.1) is 0 Å². The number of ketones is 1. The smallest absolute Gasteiger partial charge is 0.295 e. The summed E-state index contributed by atoms with van der Waals surface area (Å²) < 4.78 is 22.7. The van der Waals surface area contributed by atoms with Crippen molar-refractivity contribution in [1.82, 2.24) is 9.88 Å². The molecule has 0 unspecified atom stereocenters. The molecule has 2 aromatic carbocycles. The maximum absolute atomic E-state index is 11.1. The highest BCUT2D eigenvalue weighted by molar-refractivity contribution is 6.33. The van der Waals surface area contributed by atoms with Crippen LogP contribution in [0.15, 0.2) is 34.7 Å². The van der Waals surface area contributed by atoms with Crippen LogP contribution in [0, 0.1) is 0 Å². The number of likely N-dealkylation sites (tertiary alicyclic amines) is 1. The van der Waals surface area contributed by atoms with Gasteiger partial charge in [0.2, 0.25) is 0 Å². The SMILES string of the molecule is CCOc1cc(CN2CCC(Nc3nc4cc(OCC(C)=O)ccc4o3)CC2)cc(OCC)c1Cl. The highest BCUT2D eigenvalue weighted by Crippen LogP contribution is 2.36. The fourth-order valence-corrected chi connectivity index (χ4v) is 4.37. The minimum Gasteiger partial charge on any atom is -0.492 e. The monoisotopic (exact) mass is 501 g/mol. The summed E-state index contributed by atoms with van der Waals surface area (Å²) in [5.41, 5.74) is 2.50. The van der Waals surface area contributed by atoms with Gasteiger partial charge in [0.05, 0.1) is 13.2 Å². The lowest BCUT2D eigenvalue weighted by atomic mass is 10.0. The van der Waals surface area contributed by atoms with Gasteiger partial charge in [-0.3, -0.25) is 9.69 Å². The second-order valence-corrected chi connectivity index (χ2v) is 8.98. The highest BCUT2D eigenvalue weighted by atomic mass is 35.5. The van der Waals surface area contributed by atoms with E-state index < -0.39 is 0 Å². The molecule has 8 nitrogen and oxygen atoms in total.